The fourth-order valence-corrected chi connectivity index (χ4v) is 10.3. The predicted molar refractivity (Wildman–Crippen MR) is 250 cm³/mol. The van der Waals surface area contributed by atoms with Crippen molar-refractivity contribution in [2.75, 3.05) is 56.9 Å². The average Bonchev–Trinajstić information content (AvgIpc) is 3.99. The predicted octanol–water partition coefficient (Wildman–Crippen LogP) is 7.58. The van der Waals surface area contributed by atoms with Crippen LogP contribution < -0.4 is 48.9 Å². The Morgan fingerprint density at radius 2 is 0.538 bits per heavy atom. The largest absolute Gasteiger partial charge is 0.496 e. The molecule has 0 fully saturated rings. The molecule has 4 aromatic carbocycles. The minimum Gasteiger partial charge on any atom is -0.496 e. The first-order valence-corrected chi connectivity index (χ1v) is 21.1. The zero-order chi connectivity index (χ0) is 46.2. The van der Waals surface area contributed by atoms with Gasteiger partial charge in [-0.05, 0) is 99.9 Å². The Balaban J connectivity index is 1.58. The molecule has 2 aromatic heterocycles. The quantitative estimate of drug-likeness (QED) is 0.151. The lowest BCUT2D eigenvalue weighted by Gasteiger charge is -2.18. The molecular formula is C49H50N8O8. The molecule has 0 aliphatic carbocycles. The van der Waals surface area contributed by atoms with Gasteiger partial charge in [-0.15, -0.1) is 0 Å². The van der Waals surface area contributed by atoms with E-state index in [2.05, 4.69) is 0 Å². The van der Waals surface area contributed by atoms with E-state index in [0.717, 1.165) is 44.5 Å². The summed E-state index contributed by atoms with van der Waals surface area (Å²) in [5.41, 5.74) is 10.5. The van der Waals surface area contributed by atoms with Crippen molar-refractivity contribution in [3.05, 3.63) is 77.7 Å². The van der Waals surface area contributed by atoms with Crippen LogP contribution in [-0.4, -0.2) is 89.4 Å². The number of benzene rings is 4. The first kappa shape index (κ1) is 41.6. The van der Waals surface area contributed by atoms with Crippen LogP contribution in [0.1, 0.15) is 66.8 Å². The van der Waals surface area contributed by atoms with Crippen LogP contribution in [0.25, 0.3) is 21.5 Å². The molecule has 0 saturated heterocycles. The summed E-state index contributed by atoms with van der Waals surface area (Å²) in [6, 6.07) is 0. The molecule has 334 valence electrons. The Bertz CT molecular complexity index is 3260. The monoisotopic (exact) mass is 878 g/mol. The Morgan fingerprint density at radius 3 is 0.815 bits per heavy atom. The number of hydrogen-bond donors (Lipinski definition) is 0. The fourth-order valence-electron chi connectivity index (χ4n) is 10.3. The molecule has 4 aliphatic heterocycles. The molecule has 0 spiro atoms. The summed E-state index contributed by atoms with van der Waals surface area (Å²) in [7, 11) is 13.2. The summed E-state index contributed by atoms with van der Waals surface area (Å²) in [5.74, 6) is 7.19. The highest BCUT2D eigenvalue weighted by Gasteiger charge is 2.39. The molecule has 0 atom stereocenters. The van der Waals surface area contributed by atoms with Crippen molar-refractivity contribution in [1.82, 2.24) is 9.13 Å². The summed E-state index contributed by atoms with van der Waals surface area (Å²) >= 11 is 0. The van der Waals surface area contributed by atoms with Crippen LogP contribution in [0.3, 0.4) is 0 Å². The Labute approximate surface area is 375 Å². The molecule has 0 unspecified atom stereocenters. The molecule has 10 rings (SSSR count). The molecule has 65 heavy (non-hydrogen) atoms. The zero-order valence-corrected chi connectivity index (χ0v) is 39.6. The van der Waals surface area contributed by atoms with Crippen LogP contribution in [0.4, 0.5) is 11.6 Å². The molecular weight excluding hydrogens is 829 g/mol. The number of hydrogen-bond acceptors (Lipinski definition) is 14. The lowest BCUT2D eigenvalue weighted by Crippen LogP contribution is -2.32. The lowest BCUT2D eigenvalue weighted by atomic mass is 9.96. The van der Waals surface area contributed by atoms with Gasteiger partial charge in [-0.1, -0.05) is 0 Å². The number of aliphatic imine (C=N–C) groups is 4. The van der Waals surface area contributed by atoms with Crippen molar-refractivity contribution in [3.8, 4) is 46.0 Å². The van der Waals surface area contributed by atoms with Gasteiger partial charge < -0.3 is 37.9 Å². The summed E-state index contributed by atoms with van der Waals surface area (Å²) in [5, 5.41) is 2.62. The fraction of sp³-hybridized carbons (Fsp3) is 0.347. The standard InChI is InChI=1S/C49H50N8O8/c1-18-19(2)35(59-10)27-26(34(18)58-9)42-50-43(27)53-47-32-33(41(65-16)25(8)24(7)40(32)64-15)49-55-45-29-28(36(60-11)20(3)21(4)37(29)61-12)44(51-45)54-48-31-30(46(52-42)56(48)17-57(47)49)38(62-13)22(5)23(6)39(31)63-14/h17H2,1-16H3. The summed E-state index contributed by atoms with van der Waals surface area (Å²) in [6.45, 7) is 16.1. The number of nitrogens with zero attached hydrogens (tertiary/aromatic N) is 8. The van der Waals surface area contributed by atoms with Crippen molar-refractivity contribution in [2.24, 2.45) is 30.0 Å². The van der Waals surface area contributed by atoms with Gasteiger partial charge in [0.15, 0.2) is 23.3 Å². The SMILES string of the molecule is COc1c(C)c(C)c(OC)c2c1C1=NC2=Nc2c3c(OC)c(C)c(C)c(OC)c3c3n2Cn2c(c4c(OC)c(C)c(C)c(OC)c4c2=NC2=NC(=N3)c3c(OC)c(C)c(C)c(OC)c32)=N1. The smallest absolute Gasteiger partial charge is 0.168 e. The molecule has 0 radical (unpaired) electrons. The van der Waals surface area contributed by atoms with E-state index in [-0.39, 0.29) is 6.67 Å². The molecule has 6 bridgehead atoms. The van der Waals surface area contributed by atoms with Crippen LogP contribution in [0.15, 0.2) is 30.0 Å². The van der Waals surface area contributed by atoms with E-state index in [1.54, 1.807) is 56.9 Å². The molecule has 0 N–H and O–H groups in total. The number of aromatic nitrogens is 2. The topological polar surface area (TPSA) is 158 Å². The number of ether oxygens (including phenoxy) is 8. The molecule has 0 amide bonds. The van der Waals surface area contributed by atoms with Gasteiger partial charge >= 0.3 is 0 Å². The van der Waals surface area contributed by atoms with E-state index >= 15 is 0 Å². The third kappa shape index (κ3) is 5.18. The highest BCUT2D eigenvalue weighted by atomic mass is 16.5. The van der Waals surface area contributed by atoms with Gasteiger partial charge in [0, 0.05) is 0 Å². The minimum atomic E-state index is 0.0833. The van der Waals surface area contributed by atoms with E-state index in [9.17, 15) is 0 Å². The van der Waals surface area contributed by atoms with E-state index < -0.39 is 0 Å². The molecule has 6 aromatic rings. The average molecular weight is 879 g/mol. The van der Waals surface area contributed by atoms with Crippen LogP contribution in [0, 0.1) is 55.4 Å². The van der Waals surface area contributed by atoms with Gasteiger partial charge in [-0.25, -0.2) is 30.0 Å². The summed E-state index contributed by atoms with van der Waals surface area (Å²) < 4.78 is 54.4. The number of methoxy groups -OCH3 is 8. The Kier molecular flexibility index (Phi) is 9.34. The summed E-state index contributed by atoms with van der Waals surface area (Å²) in [6.07, 6.45) is 0. The van der Waals surface area contributed by atoms with Gasteiger partial charge in [0.1, 0.15) is 75.3 Å². The van der Waals surface area contributed by atoms with Crippen molar-refractivity contribution in [1.29, 1.82) is 0 Å². The maximum Gasteiger partial charge on any atom is 0.168 e. The summed E-state index contributed by atoms with van der Waals surface area (Å²) in [4.78, 5) is 32.8. The second-order valence-electron chi connectivity index (χ2n) is 16.5. The van der Waals surface area contributed by atoms with Crippen molar-refractivity contribution in [3.63, 3.8) is 0 Å². The highest BCUT2D eigenvalue weighted by molar-refractivity contribution is 6.28. The van der Waals surface area contributed by atoms with Crippen LogP contribution in [0.2, 0.25) is 0 Å². The second-order valence-corrected chi connectivity index (χ2v) is 16.5. The Hall–Kier alpha value is -7.36. The first-order chi connectivity index (χ1) is 31.3. The second kappa shape index (κ2) is 14.6. The van der Waals surface area contributed by atoms with Gasteiger partial charge in [0.05, 0.1) is 101 Å². The maximum absolute atomic E-state index is 6.36. The van der Waals surface area contributed by atoms with Gasteiger partial charge in [-0.3, -0.25) is 9.13 Å². The van der Waals surface area contributed by atoms with Gasteiger partial charge in [0.2, 0.25) is 0 Å². The number of fused-ring (bicyclic) bond motifs is 14. The maximum atomic E-state index is 6.36. The molecule has 16 heteroatoms. The van der Waals surface area contributed by atoms with Crippen molar-refractivity contribution in [2.45, 2.75) is 62.1 Å². The molecule has 4 aliphatic rings. The molecule has 6 heterocycles. The van der Waals surface area contributed by atoms with Crippen molar-refractivity contribution < 1.29 is 37.9 Å². The van der Waals surface area contributed by atoms with Gasteiger partial charge in [0.25, 0.3) is 0 Å². The number of amidine groups is 4. The van der Waals surface area contributed by atoms with Gasteiger partial charge in [-0.2, -0.15) is 0 Å². The zero-order valence-electron chi connectivity index (χ0n) is 39.6. The molecule has 0 saturated carbocycles. The normalized spacial score (nSPS) is 14.1. The van der Waals surface area contributed by atoms with E-state index in [0.29, 0.717) is 136 Å². The van der Waals surface area contributed by atoms with Crippen molar-refractivity contribution >= 4 is 56.5 Å². The van der Waals surface area contributed by atoms with E-state index in [4.69, 9.17) is 67.8 Å². The third-order valence-corrected chi connectivity index (χ3v) is 13.8. The Morgan fingerprint density at radius 1 is 0.292 bits per heavy atom. The van der Waals surface area contributed by atoms with Crippen LogP contribution in [0.5, 0.6) is 46.0 Å². The lowest BCUT2D eigenvalue weighted by molar-refractivity contribution is 0.396. The van der Waals surface area contributed by atoms with E-state index in [1.165, 1.54) is 0 Å². The van der Waals surface area contributed by atoms with Crippen LogP contribution >= 0.6 is 0 Å². The third-order valence-electron chi connectivity index (χ3n) is 13.8. The minimum absolute atomic E-state index is 0.0833. The van der Waals surface area contributed by atoms with Crippen LogP contribution in [-0.2, 0) is 6.67 Å². The first-order valence-electron chi connectivity index (χ1n) is 21.1. The highest BCUT2D eigenvalue weighted by Crippen LogP contribution is 2.53. The van der Waals surface area contributed by atoms with E-state index in [1.807, 2.05) is 64.5 Å². The number of rotatable bonds is 8. The molecule has 16 nitrogen and oxygen atoms in total.